The molecule has 1 atom stereocenters. The van der Waals surface area contributed by atoms with Crippen molar-refractivity contribution in [1.29, 1.82) is 0 Å². The van der Waals surface area contributed by atoms with Crippen LogP contribution in [0, 0.1) is 6.92 Å². The summed E-state index contributed by atoms with van der Waals surface area (Å²) in [6, 6.07) is 5.82. The van der Waals surface area contributed by atoms with E-state index in [1.54, 1.807) is 19.1 Å². The predicted molar refractivity (Wildman–Crippen MR) is 74.2 cm³/mol. The first-order chi connectivity index (χ1) is 8.49. The largest absolute Gasteiger partial charge is 0.387 e. The fourth-order valence-electron chi connectivity index (χ4n) is 1.80. The van der Waals surface area contributed by atoms with Crippen LogP contribution in [-0.4, -0.2) is 44.7 Å². The van der Waals surface area contributed by atoms with Crippen LogP contribution in [0.4, 0.5) is 5.69 Å². The maximum absolute atomic E-state index is 12.4. The number of nitrogens with one attached hydrogen (secondary N) is 1. The van der Waals surface area contributed by atoms with Gasteiger partial charge in [0, 0.05) is 33.4 Å². The molecule has 1 aromatic carbocycles. The van der Waals surface area contributed by atoms with Crippen LogP contribution in [0.5, 0.6) is 0 Å². The molecule has 4 nitrogen and oxygen atoms in total. The van der Waals surface area contributed by atoms with Crippen molar-refractivity contribution in [3.8, 4) is 0 Å². The monoisotopic (exact) mass is 250 g/mol. The molecule has 0 aromatic heterocycles. The highest BCUT2D eigenvalue weighted by Gasteiger charge is 2.17. The van der Waals surface area contributed by atoms with Gasteiger partial charge in [0.15, 0.2) is 0 Å². The molecule has 0 aliphatic heterocycles. The number of aryl methyl sites for hydroxylation is 1. The molecule has 1 unspecified atom stereocenters. The van der Waals surface area contributed by atoms with Crippen LogP contribution in [0.1, 0.15) is 22.8 Å². The molecular formula is C14H22N2O2. The van der Waals surface area contributed by atoms with Gasteiger partial charge in [-0.2, -0.15) is 0 Å². The van der Waals surface area contributed by atoms with E-state index in [1.165, 1.54) is 0 Å². The lowest BCUT2D eigenvalue weighted by atomic mass is 10.1. The molecule has 0 spiro atoms. The van der Waals surface area contributed by atoms with E-state index in [1.807, 2.05) is 39.1 Å². The van der Waals surface area contributed by atoms with Gasteiger partial charge in [0.25, 0.3) is 5.91 Å². The molecule has 0 heterocycles. The second kappa shape index (κ2) is 6.40. The molecule has 0 aliphatic carbocycles. The zero-order chi connectivity index (χ0) is 13.7. The zero-order valence-electron chi connectivity index (χ0n) is 11.8. The molecule has 1 N–H and O–H groups in total. The van der Waals surface area contributed by atoms with E-state index in [-0.39, 0.29) is 12.0 Å². The van der Waals surface area contributed by atoms with E-state index in [2.05, 4.69) is 5.32 Å². The Bertz CT molecular complexity index is 418. The number of hydrogen-bond donors (Lipinski definition) is 1. The molecule has 0 radical (unpaired) electrons. The minimum Gasteiger partial charge on any atom is -0.387 e. The Morgan fingerprint density at radius 1 is 1.50 bits per heavy atom. The van der Waals surface area contributed by atoms with E-state index in [0.717, 1.165) is 11.3 Å². The van der Waals surface area contributed by atoms with Crippen molar-refractivity contribution >= 4 is 11.6 Å². The zero-order valence-corrected chi connectivity index (χ0v) is 11.8. The highest BCUT2D eigenvalue weighted by Crippen LogP contribution is 2.18. The minimum absolute atomic E-state index is 0.00644. The second-order valence-electron chi connectivity index (χ2n) is 4.53. The lowest BCUT2D eigenvalue weighted by Gasteiger charge is -2.22. The third kappa shape index (κ3) is 3.47. The summed E-state index contributed by atoms with van der Waals surface area (Å²) >= 11 is 0. The standard InChI is InChI=1S/C14H22N2O2/c1-10-6-7-13(15-3)12(8-10)14(17)16(4)9-11(2)18-5/h6-8,11,15H,9H2,1-5H3. The number of hydrogen-bond acceptors (Lipinski definition) is 3. The first-order valence-electron chi connectivity index (χ1n) is 6.06. The van der Waals surface area contributed by atoms with E-state index in [9.17, 15) is 4.79 Å². The number of benzene rings is 1. The summed E-state index contributed by atoms with van der Waals surface area (Å²) in [6.07, 6.45) is 0.0294. The summed E-state index contributed by atoms with van der Waals surface area (Å²) in [6.45, 7) is 4.50. The molecule has 4 heteroatoms. The van der Waals surface area contributed by atoms with Gasteiger partial charge in [-0.25, -0.2) is 0 Å². The van der Waals surface area contributed by atoms with Crippen LogP contribution >= 0.6 is 0 Å². The highest BCUT2D eigenvalue weighted by molar-refractivity contribution is 5.99. The van der Waals surface area contributed by atoms with E-state index in [4.69, 9.17) is 4.74 Å². The molecule has 100 valence electrons. The van der Waals surface area contributed by atoms with Gasteiger partial charge in [-0.3, -0.25) is 4.79 Å². The fraction of sp³-hybridized carbons (Fsp3) is 0.500. The molecule has 1 amide bonds. The van der Waals surface area contributed by atoms with Crippen molar-refractivity contribution in [2.45, 2.75) is 20.0 Å². The quantitative estimate of drug-likeness (QED) is 0.870. The maximum Gasteiger partial charge on any atom is 0.255 e. The molecule has 0 aliphatic rings. The first kappa shape index (κ1) is 14.5. The minimum atomic E-state index is 0.00644. The summed E-state index contributed by atoms with van der Waals surface area (Å²) in [4.78, 5) is 14.0. The summed E-state index contributed by atoms with van der Waals surface area (Å²) in [5.74, 6) is 0.00644. The summed E-state index contributed by atoms with van der Waals surface area (Å²) < 4.78 is 5.18. The normalized spacial score (nSPS) is 12.1. The maximum atomic E-state index is 12.4. The van der Waals surface area contributed by atoms with Crippen LogP contribution in [0.15, 0.2) is 18.2 Å². The smallest absolute Gasteiger partial charge is 0.255 e. The number of methoxy groups -OCH3 is 1. The molecule has 1 rings (SSSR count). The number of amides is 1. The van der Waals surface area contributed by atoms with Crippen molar-refractivity contribution in [3.63, 3.8) is 0 Å². The molecule has 18 heavy (non-hydrogen) atoms. The summed E-state index contributed by atoms with van der Waals surface area (Å²) in [5, 5.41) is 3.05. The summed E-state index contributed by atoms with van der Waals surface area (Å²) in [5.41, 5.74) is 2.62. The Labute approximate surface area is 109 Å². The van der Waals surface area contributed by atoms with Crippen molar-refractivity contribution in [2.75, 3.05) is 33.1 Å². The van der Waals surface area contributed by atoms with Gasteiger partial charge >= 0.3 is 0 Å². The van der Waals surface area contributed by atoms with Crippen molar-refractivity contribution in [2.24, 2.45) is 0 Å². The van der Waals surface area contributed by atoms with Gasteiger partial charge in [0.1, 0.15) is 0 Å². The van der Waals surface area contributed by atoms with Crippen LogP contribution in [-0.2, 0) is 4.74 Å². The van der Waals surface area contributed by atoms with E-state index < -0.39 is 0 Å². The highest BCUT2D eigenvalue weighted by atomic mass is 16.5. The number of nitrogens with zero attached hydrogens (tertiary/aromatic N) is 1. The van der Waals surface area contributed by atoms with Crippen molar-refractivity contribution in [1.82, 2.24) is 4.90 Å². The number of carbonyl (C=O) groups excluding carboxylic acids is 1. The topological polar surface area (TPSA) is 41.6 Å². The van der Waals surface area contributed by atoms with Gasteiger partial charge in [-0.15, -0.1) is 0 Å². The third-order valence-corrected chi connectivity index (χ3v) is 2.95. The lowest BCUT2D eigenvalue weighted by Crippen LogP contribution is -2.34. The number of rotatable bonds is 5. The van der Waals surface area contributed by atoms with Crippen LogP contribution < -0.4 is 5.32 Å². The molecular weight excluding hydrogens is 228 g/mol. The Hall–Kier alpha value is -1.55. The average molecular weight is 250 g/mol. The number of likely N-dealkylation sites (N-methyl/N-ethyl adjacent to an activating group) is 1. The van der Waals surface area contributed by atoms with Gasteiger partial charge in [0.05, 0.1) is 11.7 Å². The number of anilines is 1. The van der Waals surface area contributed by atoms with Gasteiger partial charge in [-0.05, 0) is 26.0 Å². The Balaban J connectivity index is 2.92. The molecule has 0 saturated carbocycles. The van der Waals surface area contributed by atoms with E-state index in [0.29, 0.717) is 12.1 Å². The number of carbonyl (C=O) groups is 1. The van der Waals surface area contributed by atoms with Gasteiger partial charge in [-0.1, -0.05) is 11.6 Å². The van der Waals surface area contributed by atoms with Crippen molar-refractivity contribution in [3.05, 3.63) is 29.3 Å². The SMILES string of the molecule is CNc1ccc(C)cc1C(=O)N(C)CC(C)OC. The van der Waals surface area contributed by atoms with Crippen LogP contribution in [0.3, 0.4) is 0 Å². The molecule has 0 bridgehead atoms. The fourth-order valence-corrected chi connectivity index (χ4v) is 1.80. The Morgan fingerprint density at radius 2 is 2.17 bits per heavy atom. The summed E-state index contributed by atoms with van der Waals surface area (Å²) in [7, 11) is 5.26. The Kier molecular flexibility index (Phi) is 5.16. The number of ether oxygens (including phenoxy) is 1. The van der Waals surface area contributed by atoms with Crippen LogP contribution in [0.25, 0.3) is 0 Å². The van der Waals surface area contributed by atoms with Gasteiger partial charge in [0.2, 0.25) is 0 Å². The second-order valence-corrected chi connectivity index (χ2v) is 4.53. The van der Waals surface area contributed by atoms with Crippen LogP contribution in [0.2, 0.25) is 0 Å². The lowest BCUT2D eigenvalue weighted by molar-refractivity contribution is 0.0600. The average Bonchev–Trinajstić information content (AvgIpc) is 2.37. The molecule has 0 saturated heterocycles. The van der Waals surface area contributed by atoms with Gasteiger partial charge < -0.3 is 15.0 Å². The Morgan fingerprint density at radius 3 is 2.72 bits per heavy atom. The predicted octanol–water partition coefficient (Wildman–Crippen LogP) is 2.14. The first-order valence-corrected chi connectivity index (χ1v) is 6.06. The third-order valence-electron chi connectivity index (χ3n) is 2.95. The van der Waals surface area contributed by atoms with Crippen molar-refractivity contribution < 1.29 is 9.53 Å². The molecule has 0 fully saturated rings. The van der Waals surface area contributed by atoms with E-state index >= 15 is 0 Å². The molecule has 1 aromatic rings.